The average Bonchev–Trinajstić information content (AvgIpc) is 1.72. The van der Waals surface area contributed by atoms with Crippen LogP contribution < -0.4 is 37.9 Å². The Morgan fingerprint density at radius 2 is 0.711 bits per heavy atom. The van der Waals surface area contributed by atoms with Crippen LogP contribution >= 0.6 is 46.4 Å². The van der Waals surface area contributed by atoms with Gasteiger partial charge in [-0.25, -0.2) is 42.3 Å². The van der Waals surface area contributed by atoms with Crippen molar-refractivity contribution in [1.29, 1.82) is 21.0 Å². The fourth-order valence-corrected chi connectivity index (χ4v) is 21.5. The van der Waals surface area contributed by atoms with E-state index < -0.39 is 40.1 Å². The maximum atomic E-state index is 11.9. The lowest BCUT2D eigenvalue weighted by atomic mass is 10.0. The molecule has 0 spiro atoms. The molecule has 4 saturated heterocycles. The van der Waals surface area contributed by atoms with Crippen molar-refractivity contribution in [1.82, 2.24) is 35.5 Å². The number of fused-ring (bicyclic) bond motifs is 4. The summed E-state index contributed by atoms with van der Waals surface area (Å²) in [4.78, 5) is 0. The highest BCUT2D eigenvalue weighted by Gasteiger charge is 2.34. The Labute approximate surface area is 808 Å². The molecule has 4 aliphatic rings. The number of halogens is 4. The normalized spacial score (nSPS) is 17.0. The lowest BCUT2D eigenvalue weighted by Crippen LogP contribution is -2.47. The Bertz CT molecular complexity index is 6700. The summed E-state index contributed by atoms with van der Waals surface area (Å²) < 4.78 is 161. The van der Waals surface area contributed by atoms with E-state index in [2.05, 4.69) is 24.3 Å². The van der Waals surface area contributed by atoms with Crippen LogP contribution in [0, 0.1) is 51.2 Å². The van der Waals surface area contributed by atoms with Crippen LogP contribution in [-0.2, 0) is 44.8 Å². The molecule has 0 N–H and O–H groups in total. The molecule has 29 nitrogen and oxygen atoms in total. The Hall–Kier alpha value is -11.0. The van der Waals surface area contributed by atoms with Crippen LogP contribution in [0.4, 0.5) is 0 Å². The molecule has 0 amide bonds. The van der Waals surface area contributed by atoms with Crippen molar-refractivity contribution in [3.63, 3.8) is 0 Å². The number of nitrogens with zero attached hydrogens (tertiary/aromatic N) is 12. The van der Waals surface area contributed by atoms with Crippen LogP contribution in [0.1, 0.15) is 121 Å². The molecular formula is C98H108Cl4N12O17S4. The van der Waals surface area contributed by atoms with E-state index in [0.717, 1.165) is 142 Å². The molecule has 135 heavy (non-hydrogen) atoms. The zero-order valence-corrected chi connectivity index (χ0v) is 82.6. The standard InChI is InChI=1S/2C25H28ClN3O4S.C24H26ClN3O5S.C24H26ClN3O4S/c1-3-13-32-25-19(17-27)14-20(16-23(25)26)29-12-8-18-15-22(6-7-24(18)29)33-21-5-4-10-28(11-9-21)34(2,30)31;1-3-11-32-25-20(15-27)12-21(14-23(25)26)29-10-8-19-13-22(6-7-24(19)29)33-17-18-5-4-9-28(16-18)34(2,30)31;1-3-9-32-24-18(14-26)11-19(13-22(24)25)28-7-6-17-12-20(4-5-23(17)28)33-16-21-15-27(8-10-31-21)34(2,29)30;1-3-11-31-24-18(15-26)12-20(14-22(24)25)27-10-8-17-13-21(6-7-23(17)27)32-16-19-5-4-9-28(19)33(2,29)30/h6-8,12,14-16,21H,3-5,9-11,13H2,1-2H3;6-8,10,12-14,18H,3-5,9,11,16-17H2,1-2H3;4-7,11-13,21H,3,8-10,15-16H2,1-2H3;6-8,10,12-14,19H,3-5,9,11,16H2,1-2H3/t;18-;21-;/m.11./s1. The number of hydrogen-bond donors (Lipinski definition) is 0. The van der Waals surface area contributed by atoms with Gasteiger partial charge in [-0.2, -0.15) is 29.7 Å². The minimum atomic E-state index is -3.25. The summed E-state index contributed by atoms with van der Waals surface area (Å²) in [6.45, 7) is 14.6. The van der Waals surface area contributed by atoms with Crippen LogP contribution in [0.3, 0.4) is 0 Å². The van der Waals surface area contributed by atoms with Gasteiger partial charge in [0.2, 0.25) is 40.1 Å². The highest BCUT2D eigenvalue weighted by atomic mass is 35.5. The maximum absolute atomic E-state index is 11.9. The number of piperidine rings is 1. The summed E-state index contributed by atoms with van der Waals surface area (Å²) in [6, 6.07) is 53.8. The topological polar surface area (TPSA) is 347 Å². The lowest BCUT2D eigenvalue weighted by Gasteiger charge is -2.31. The molecule has 0 aliphatic carbocycles. The van der Waals surface area contributed by atoms with E-state index in [0.29, 0.717) is 169 Å². The zero-order chi connectivity index (χ0) is 96.5. The number of morpholine rings is 1. The van der Waals surface area contributed by atoms with E-state index >= 15 is 0 Å². The van der Waals surface area contributed by atoms with Crippen molar-refractivity contribution in [2.45, 2.75) is 117 Å². The fourth-order valence-electron chi connectivity index (χ4n) is 16.6. The predicted octanol–water partition coefficient (Wildman–Crippen LogP) is 18.9. The number of ether oxygens (including phenoxy) is 9. The molecule has 0 radical (unpaired) electrons. The van der Waals surface area contributed by atoms with Gasteiger partial charge in [0.25, 0.3) is 0 Å². The number of aromatic nitrogens is 4. The number of benzene rings is 8. The highest BCUT2D eigenvalue weighted by molar-refractivity contribution is 7.89. The molecule has 8 heterocycles. The van der Waals surface area contributed by atoms with Gasteiger partial charge < -0.3 is 60.9 Å². The molecule has 12 aromatic rings. The summed E-state index contributed by atoms with van der Waals surface area (Å²) in [7, 11) is -12.8. The molecule has 714 valence electrons. The van der Waals surface area contributed by atoms with E-state index in [1.807, 2.05) is 168 Å². The van der Waals surface area contributed by atoms with E-state index in [9.17, 15) is 54.7 Å². The first-order chi connectivity index (χ1) is 64.7. The van der Waals surface area contributed by atoms with Crippen molar-refractivity contribution < 1.29 is 76.3 Å². The summed E-state index contributed by atoms with van der Waals surface area (Å²) in [5.41, 5.74) is 8.40. The average molecular weight is 2000 g/mol. The SMILES string of the molecule is CCCOc1c(Cl)cc(-n2ccc3cc(OC4CCCN(S(C)(=O)=O)CC4)ccc32)cc1C#N.CCCOc1c(Cl)cc(-n2ccc3cc(OCC4CCCN4S(C)(=O)=O)ccc32)cc1C#N.CCCOc1c(Cl)cc(-n2ccc3cc(OC[C@@H]4CCCN(S(C)(=O)=O)C4)ccc32)cc1C#N.CCCOc1c(Cl)cc(-n2ccc3cc(OC[C@H]4CN(S(C)(=O)=O)CCO4)ccc32)cc1C#N. The third-order valence-electron chi connectivity index (χ3n) is 23.2. The van der Waals surface area contributed by atoms with Gasteiger partial charge in [0.15, 0.2) is 23.0 Å². The second-order valence-electron chi connectivity index (χ2n) is 33.4. The Balaban J connectivity index is 0.000000152. The van der Waals surface area contributed by atoms with Gasteiger partial charge in [-0.1, -0.05) is 74.1 Å². The van der Waals surface area contributed by atoms with Gasteiger partial charge in [0.1, 0.15) is 72.7 Å². The minimum absolute atomic E-state index is 0.0288. The van der Waals surface area contributed by atoms with Gasteiger partial charge >= 0.3 is 0 Å². The fraction of sp³-hybridized carbons (Fsp3) is 0.388. The van der Waals surface area contributed by atoms with Crippen LogP contribution in [0.2, 0.25) is 20.1 Å². The molecule has 4 aliphatic heterocycles. The third-order valence-corrected chi connectivity index (χ3v) is 29.5. The number of nitriles is 4. The second-order valence-corrected chi connectivity index (χ2v) is 42.9. The molecule has 0 saturated carbocycles. The van der Waals surface area contributed by atoms with Gasteiger partial charge in [0, 0.05) is 121 Å². The largest absolute Gasteiger partial charge is 0.493 e. The van der Waals surface area contributed by atoms with Crippen molar-refractivity contribution in [2.24, 2.45) is 5.92 Å². The quantitative estimate of drug-likeness (QED) is 0.0389. The van der Waals surface area contributed by atoms with E-state index in [4.69, 9.17) is 89.0 Å². The van der Waals surface area contributed by atoms with Crippen molar-refractivity contribution in [2.75, 3.05) is 124 Å². The summed E-state index contributed by atoms with van der Waals surface area (Å²) >= 11 is 25.8. The minimum Gasteiger partial charge on any atom is -0.493 e. The highest BCUT2D eigenvalue weighted by Crippen LogP contribution is 2.41. The molecule has 0 bridgehead atoms. The zero-order valence-electron chi connectivity index (χ0n) is 76.3. The van der Waals surface area contributed by atoms with Crippen LogP contribution in [0.15, 0.2) is 170 Å². The van der Waals surface area contributed by atoms with E-state index in [-0.39, 0.29) is 37.3 Å². The Morgan fingerprint density at radius 1 is 0.363 bits per heavy atom. The first-order valence-corrected chi connectivity index (χ1v) is 53.5. The van der Waals surface area contributed by atoms with Crippen LogP contribution in [0.25, 0.3) is 66.4 Å². The number of sulfonamides is 4. The number of hydrogen-bond acceptors (Lipinski definition) is 21. The molecule has 4 fully saturated rings. The van der Waals surface area contributed by atoms with Gasteiger partial charge in [0.05, 0.1) is 135 Å². The monoisotopic (exact) mass is 1990 g/mol. The summed E-state index contributed by atoms with van der Waals surface area (Å²) in [5.74, 6) is 4.64. The first-order valence-electron chi connectivity index (χ1n) is 44.6. The molecule has 2 unspecified atom stereocenters. The predicted molar refractivity (Wildman–Crippen MR) is 526 cm³/mol. The van der Waals surface area contributed by atoms with Crippen LogP contribution in [-0.4, -0.2) is 211 Å². The van der Waals surface area contributed by atoms with Gasteiger partial charge in [-0.3, -0.25) is 0 Å². The molecule has 4 aromatic heterocycles. The third kappa shape index (κ3) is 25.7. The molecule has 8 aromatic carbocycles. The van der Waals surface area contributed by atoms with Gasteiger partial charge in [-0.15, -0.1) is 0 Å². The van der Waals surface area contributed by atoms with Crippen LogP contribution in [0.5, 0.6) is 46.0 Å². The van der Waals surface area contributed by atoms with Crippen molar-refractivity contribution >= 4 is 130 Å². The molecule has 37 heteroatoms. The molecular weight excluding hydrogens is 1890 g/mol. The first kappa shape index (κ1) is 101. The van der Waals surface area contributed by atoms with E-state index in [1.54, 1.807) is 48.5 Å². The summed E-state index contributed by atoms with van der Waals surface area (Å²) in [5, 5.41) is 43.8. The van der Waals surface area contributed by atoms with E-state index in [1.165, 1.54) is 42.2 Å². The Morgan fingerprint density at radius 3 is 1.09 bits per heavy atom. The smallest absolute Gasteiger partial charge is 0.211 e. The Kier molecular flexibility index (Phi) is 34.4. The number of rotatable bonds is 31. The molecule has 4 atom stereocenters. The summed E-state index contributed by atoms with van der Waals surface area (Å²) in [6.07, 6.45) is 21.3. The molecule has 16 rings (SSSR count). The van der Waals surface area contributed by atoms with Crippen molar-refractivity contribution in [3.8, 4) is 93.0 Å². The van der Waals surface area contributed by atoms with Gasteiger partial charge in [-0.05, 0) is 216 Å². The van der Waals surface area contributed by atoms with Crippen molar-refractivity contribution in [3.05, 3.63) is 213 Å². The lowest BCUT2D eigenvalue weighted by molar-refractivity contribution is -0.0247. The maximum Gasteiger partial charge on any atom is 0.211 e. The second kappa shape index (κ2) is 45.8.